The molecule has 0 unspecified atom stereocenters. The van der Waals surface area contributed by atoms with Crippen LogP contribution in [0.25, 0.3) is 0 Å². The molecule has 0 aliphatic carbocycles. The zero-order chi connectivity index (χ0) is 13.0. The summed E-state index contributed by atoms with van der Waals surface area (Å²) in [6.45, 7) is 1.72. The lowest BCUT2D eigenvalue weighted by atomic mass is 10.2. The number of benzene rings is 1. The van der Waals surface area contributed by atoms with Gasteiger partial charge in [-0.25, -0.2) is 0 Å². The Labute approximate surface area is 117 Å². The van der Waals surface area contributed by atoms with Crippen molar-refractivity contribution in [2.24, 2.45) is 0 Å². The zero-order valence-corrected chi connectivity index (χ0v) is 12.2. The first-order valence-electron chi connectivity index (χ1n) is 5.87. The van der Waals surface area contributed by atoms with Gasteiger partial charge < -0.3 is 10.2 Å². The predicted molar refractivity (Wildman–Crippen MR) is 80.6 cm³/mol. The molecule has 96 valence electrons. The van der Waals surface area contributed by atoms with E-state index in [2.05, 4.69) is 46.9 Å². The highest BCUT2D eigenvalue weighted by atomic mass is 35.5. The second-order valence-corrected chi connectivity index (χ2v) is 5.68. The van der Waals surface area contributed by atoms with Gasteiger partial charge in [-0.15, -0.1) is 11.3 Å². The van der Waals surface area contributed by atoms with Crippen molar-refractivity contribution in [3.63, 3.8) is 0 Å². The lowest BCUT2D eigenvalue weighted by molar-refractivity contribution is 0.817. The molecule has 0 bridgehead atoms. The fourth-order valence-electron chi connectivity index (χ4n) is 1.84. The van der Waals surface area contributed by atoms with Crippen molar-refractivity contribution in [2.75, 3.05) is 19.0 Å². The highest BCUT2D eigenvalue weighted by molar-refractivity contribution is 7.09. The fourth-order valence-corrected chi connectivity index (χ4v) is 2.83. The molecule has 1 heterocycles. The molecule has 2 rings (SSSR count). The molecular formula is C14H17ClN2S. The molecule has 0 aliphatic heterocycles. The Hall–Kier alpha value is -1.03. The summed E-state index contributed by atoms with van der Waals surface area (Å²) in [5.74, 6) is 0. The average molecular weight is 281 g/mol. The van der Waals surface area contributed by atoms with Crippen molar-refractivity contribution in [2.45, 2.75) is 13.1 Å². The largest absolute Gasteiger partial charge is 0.369 e. The number of hydrogen-bond donors (Lipinski definition) is 1. The summed E-state index contributed by atoms with van der Waals surface area (Å²) in [4.78, 5) is 3.56. The van der Waals surface area contributed by atoms with Crippen LogP contribution in [0.15, 0.2) is 35.7 Å². The second kappa shape index (κ2) is 6.23. The summed E-state index contributed by atoms with van der Waals surface area (Å²) in [5.41, 5.74) is 2.28. The first kappa shape index (κ1) is 13.4. The Kier molecular flexibility index (Phi) is 4.64. The lowest BCUT2D eigenvalue weighted by Gasteiger charge is -2.19. The molecule has 1 aromatic carbocycles. The van der Waals surface area contributed by atoms with E-state index >= 15 is 0 Å². The van der Waals surface area contributed by atoms with Crippen molar-refractivity contribution in [3.05, 3.63) is 51.2 Å². The van der Waals surface area contributed by atoms with Crippen LogP contribution < -0.4 is 10.2 Å². The minimum atomic E-state index is 0.799. The van der Waals surface area contributed by atoms with Crippen molar-refractivity contribution < 1.29 is 0 Å². The van der Waals surface area contributed by atoms with Crippen LogP contribution in [0.5, 0.6) is 0 Å². The zero-order valence-electron chi connectivity index (χ0n) is 10.6. The molecule has 0 aliphatic rings. The van der Waals surface area contributed by atoms with E-state index in [0.29, 0.717) is 0 Å². The van der Waals surface area contributed by atoms with E-state index in [1.54, 1.807) is 11.3 Å². The van der Waals surface area contributed by atoms with Crippen LogP contribution in [-0.4, -0.2) is 14.1 Å². The van der Waals surface area contributed by atoms with Gasteiger partial charge in [-0.2, -0.15) is 0 Å². The van der Waals surface area contributed by atoms with E-state index in [1.807, 2.05) is 13.1 Å². The monoisotopic (exact) mass is 280 g/mol. The van der Waals surface area contributed by atoms with Crippen LogP contribution in [0.1, 0.15) is 10.4 Å². The smallest absolute Gasteiger partial charge is 0.0519 e. The Balaban J connectivity index is 2.11. The lowest BCUT2D eigenvalue weighted by Crippen LogP contribution is -2.15. The van der Waals surface area contributed by atoms with Crippen LogP contribution >= 0.6 is 22.9 Å². The fraction of sp³-hybridized carbons (Fsp3) is 0.286. The SMILES string of the molecule is CNCc1ccc(N(C)Cc2cccs2)cc1Cl. The first-order valence-corrected chi connectivity index (χ1v) is 7.13. The topological polar surface area (TPSA) is 15.3 Å². The van der Waals surface area contributed by atoms with Crippen molar-refractivity contribution in [1.29, 1.82) is 0 Å². The normalized spacial score (nSPS) is 10.6. The number of halogens is 1. The number of anilines is 1. The van der Waals surface area contributed by atoms with E-state index < -0.39 is 0 Å². The van der Waals surface area contributed by atoms with Crippen LogP contribution in [0.3, 0.4) is 0 Å². The third-order valence-electron chi connectivity index (χ3n) is 2.82. The van der Waals surface area contributed by atoms with E-state index in [9.17, 15) is 0 Å². The maximum atomic E-state index is 6.27. The van der Waals surface area contributed by atoms with E-state index in [1.165, 1.54) is 4.88 Å². The maximum Gasteiger partial charge on any atom is 0.0519 e. The molecule has 0 spiro atoms. The third-order valence-corrected chi connectivity index (χ3v) is 4.03. The molecule has 2 aromatic rings. The van der Waals surface area contributed by atoms with Gasteiger partial charge in [0, 0.05) is 29.2 Å². The highest BCUT2D eigenvalue weighted by Gasteiger charge is 2.06. The van der Waals surface area contributed by atoms with Gasteiger partial charge in [0.05, 0.1) is 6.54 Å². The Morgan fingerprint density at radius 1 is 1.33 bits per heavy atom. The molecule has 1 aromatic heterocycles. The van der Waals surface area contributed by atoms with Gasteiger partial charge in [-0.1, -0.05) is 23.7 Å². The van der Waals surface area contributed by atoms with Crippen LogP contribution in [0.2, 0.25) is 5.02 Å². The summed E-state index contributed by atoms with van der Waals surface area (Å²) in [7, 11) is 4.01. The molecule has 0 saturated heterocycles. The summed E-state index contributed by atoms with van der Waals surface area (Å²) >= 11 is 8.05. The molecule has 0 atom stereocenters. The Morgan fingerprint density at radius 3 is 2.78 bits per heavy atom. The maximum absolute atomic E-state index is 6.27. The minimum absolute atomic E-state index is 0.799. The van der Waals surface area contributed by atoms with Crippen molar-refractivity contribution in [1.82, 2.24) is 5.32 Å². The number of nitrogens with one attached hydrogen (secondary N) is 1. The van der Waals surface area contributed by atoms with Crippen LogP contribution in [0, 0.1) is 0 Å². The summed E-state index contributed by atoms with van der Waals surface area (Å²) in [5, 5.41) is 6.04. The number of rotatable bonds is 5. The predicted octanol–water partition coefficient (Wildman–Crippen LogP) is 3.76. The minimum Gasteiger partial charge on any atom is -0.369 e. The Morgan fingerprint density at radius 2 is 2.17 bits per heavy atom. The van der Waals surface area contributed by atoms with E-state index in [0.717, 1.165) is 29.4 Å². The molecule has 18 heavy (non-hydrogen) atoms. The number of nitrogens with zero attached hydrogens (tertiary/aromatic N) is 1. The third kappa shape index (κ3) is 3.25. The van der Waals surface area contributed by atoms with E-state index in [4.69, 9.17) is 11.6 Å². The van der Waals surface area contributed by atoms with Crippen LogP contribution in [-0.2, 0) is 13.1 Å². The van der Waals surface area contributed by atoms with Gasteiger partial charge in [-0.05, 0) is 36.2 Å². The van der Waals surface area contributed by atoms with Gasteiger partial charge >= 0.3 is 0 Å². The van der Waals surface area contributed by atoms with Gasteiger partial charge in [0.25, 0.3) is 0 Å². The molecule has 0 radical (unpaired) electrons. The quantitative estimate of drug-likeness (QED) is 0.897. The molecule has 0 fully saturated rings. The summed E-state index contributed by atoms with van der Waals surface area (Å²) in [6, 6.07) is 10.5. The number of thiophene rings is 1. The van der Waals surface area contributed by atoms with Gasteiger partial charge in [0.1, 0.15) is 0 Å². The summed E-state index contributed by atoms with van der Waals surface area (Å²) < 4.78 is 0. The van der Waals surface area contributed by atoms with Gasteiger partial charge in [-0.3, -0.25) is 0 Å². The van der Waals surface area contributed by atoms with Gasteiger partial charge in [0.15, 0.2) is 0 Å². The molecule has 0 saturated carbocycles. The second-order valence-electron chi connectivity index (χ2n) is 4.24. The molecule has 0 amide bonds. The van der Waals surface area contributed by atoms with Gasteiger partial charge in [0.2, 0.25) is 0 Å². The standard InChI is InChI=1S/C14H17ClN2S/c1-16-9-11-5-6-12(8-14(11)15)17(2)10-13-4-3-7-18-13/h3-8,16H,9-10H2,1-2H3. The highest BCUT2D eigenvalue weighted by Crippen LogP contribution is 2.24. The molecule has 1 N–H and O–H groups in total. The average Bonchev–Trinajstić information content (AvgIpc) is 2.84. The Bertz CT molecular complexity index is 497. The van der Waals surface area contributed by atoms with E-state index in [-0.39, 0.29) is 0 Å². The van der Waals surface area contributed by atoms with Crippen molar-refractivity contribution >= 4 is 28.6 Å². The van der Waals surface area contributed by atoms with Crippen LogP contribution in [0.4, 0.5) is 5.69 Å². The summed E-state index contributed by atoms with van der Waals surface area (Å²) in [6.07, 6.45) is 0. The van der Waals surface area contributed by atoms with Crippen molar-refractivity contribution in [3.8, 4) is 0 Å². The molecule has 2 nitrogen and oxygen atoms in total. The first-order chi connectivity index (χ1) is 8.70. The number of hydrogen-bond acceptors (Lipinski definition) is 3. The molecule has 4 heteroatoms. The molecular weight excluding hydrogens is 264 g/mol.